The predicted octanol–water partition coefficient (Wildman–Crippen LogP) is 9.51. The minimum Gasteiger partial charge on any atom is -0.376 e. The van der Waals surface area contributed by atoms with Gasteiger partial charge in [0.1, 0.15) is 5.82 Å². The Bertz CT molecular complexity index is 1770. The molecule has 3 N–H and O–H groups in total. The highest BCUT2D eigenvalue weighted by atomic mass is 35.5. The minimum absolute atomic E-state index is 0.0572. The highest BCUT2D eigenvalue weighted by Crippen LogP contribution is 2.32. The van der Waals surface area contributed by atoms with E-state index in [0.29, 0.717) is 16.5 Å². The van der Waals surface area contributed by atoms with Gasteiger partial charge in [-0.1, -0.05) is 110 Å². The van der Waals surface area contributed by atoms with E-state index in [0.717, 1.165) is 46.4 Å². The van der Waals surface area contributed by atoms with Gasteiger partial charge in [0.2, 0.25) is 5.91 Å². The fourth-order valence-electron chi connectivity index (χ4n) is 6.30. The van der Waals surface area contributed by atoms with Crippen molar-refractivity contribution in [3.05, 3.63) is 124 Å². The second-order valence-corrected chi connectivity index (χ2v) is 12.9. The number of halogens is 2. The molecule has 1 aromatic heterocycles. The van der Waals surface area contributed by atoms with Crippen molar-refractivity contribution in [1.82, 2.24) is 9.55 Å². The largest absolute Gasteiger partial charge is 0.376 e. The van der Waals surface area contributed by atoms with E-state index in [-0.39, 0.29) is 6.54 Å². The molecule has 1 amide bonds. The molecule has 5 aromatic rings. The molecule has 0 aliphatic heterocycles. The van der Waals surface area contributed by atoms with Crippen LogP contribution in [0.4, 0.5) is 5.69 Å². The van der Waals surface area contributed by atoms with E-state index in [1.54, 1.807) is 6.07 Å². The first kappa shape index (κ1) is 30.9. The van der Waals surface area contributed by atoms with Crippen LogP contribution < -0.4 is 11.1 Å². The summed E-state index contributed by atoms with van der Waals surface area (Å²) in [5.74, 6) is 1.33. The zero-order valence-corrected chi connectivity index (χ0v) is 26.8. The van der Waals surface area contributed by atoms with Gasteiger partial charge >= 0.3 is 0 Å². The Balaban J connectivity index is 1.25. The standard InChI is InChI=1S/C38H38Cl2N4O/c39-31-18-19-34(35(40)22-31)36-25-44(33-11-5-10-32(23-33)42-24-37(41)45)38(43-36)21-28-14-16-29(17-15-28)30-9-4-8-27(20-30)13-12-26-6-2-1-3-7-26/h4-5,8-11,14-20,22-23,25-26,42H,1-3,6-7,12-13,21,24H2,(H2,41,45). The number of hydrogen-bond donors (Lipinski definition) is 2. The van der Waals surface area contributed by atoms with Crippen LogP contribution in [-0.4, -0.2) is 22.0 Å². The van der Waals surface area contributed by atoms with Gasteiger partial charge in [-0.3, -0.25) is 4.79 Å². The van der Waals surface area contributed by atoms with E-state index >= 15 is 0 Å². The number of aromatic nitrogens is 2. The van der Waals surface area contributed by atoms with Crippen LogP contribution >= 0.6 is 23.2 Å². The third-order valence-electron chi connectivity index (χ3n) is 8.72. The SMILES string of the molecule is NC(=O)CNc1cccc(-n2cc(-c3ccc(Cl)cc3Cl)nc2Cc2ccc(-c3cccc(CCC4CCCCC4)c3)cc2)c1. The monoisotopic (exact) mass is 636 g/mol. The van der Waals surface area contributed by atoms with E-state index < -0.39 is 5.91 Å². The van der Waals surface area contributed by atoms with Crippen LogP contribution in [0.25, 0.3) is 28.1 Å². The summed E-state index contributed by atoms with van der Waals surface area (Å²) in [6.07, 6.45) is 12.0. The molecule has 0 bridgehead atoms. The molecule has 1 fully saturated rings. The maximum Gasteiger partial charge on any atom is 0.236 e. The third kappa shape index (κ3) is 7.97. The first-order valence-electron chi connectivity index (χ1n) is 15.8. The molecule has 1 saturated carbocycles. The second kappa shape index (κ2) is 14.4. The number of anilines is 1. The van der Waals surface area contributed by atoms with Crippen LogP contribution in [0.2, 0.25) is 10.0 Å². The minimum atomic E-state index is -0.419. The summed E-state index contributed by atoms with van der Waals surface area (Å²) in [5.41, 5.74) is 13.6. The van der Waals surface area contributed by atoms with Gasteiger partial charge in [0, 0.05) is 34.6 Å². The Kier molecular flexibility index (Phi) is 9.88. The number of nitrogens with zero attached hydrogens (tertiary/aromatic N) is 2. The average Bonchev–Trinajstić information content (AvgIpc) is 3.47. The van der Waals surface area contributed by atoms with Crippen LogP contribution in [0.15, 0.2) is 97.2 Å². The summed E-state index contributed by atoms with van der Waals surface area (Å²) in [4.78, 5) is 16.4. The van der Waals surface area contributed by atoms with Gasteiger partial charge in [-0.15, -0.1) is 0 Å². The van der Waals surface area contributed by atoms with Crippen molar-refractivity contribution >= 4 is 34.8 Å². The molecule has 0 unspecified atom stereocenters. The molecular weight excluding hydrogens is 599 g/mol. The number of nitrogens with one attached hydrogen (secondary N) is 1. The van der Waals surface area contributed by atoms with Gasteiger partial charge in [-0.05, 0) is 77.4 Å². The summed E-state index contributed by atoms with van der Waals surface area (Å²) in [6, 6.07) is 31.1. The molecule has 1 aliphatic carbocycles. The fourth-order valence-corrected chi connectivity index (χ4v) is 6.80. The molecule has 1 aliphatic rings. The number of rotatable bonds is 11. The molecule has 0 saturated heterocycles. The van der Waals surface area contributed by atoms with Gasteiger partial charge in [0.25, 0.3) is 0 Å². The molecule has 0 radical (unpaired) electrons. The number of benzene rings is 4. The zero-order chi connectivity index (χ0) is 31.2. The van der Waals surface area contributed by atoms with Crippen molar-refractivity contribution in [1.29, 1.82) is 0 Å². The van der Waals surface area contributed by atoms with Crippen molar-refractivity contribution in [2.75, 3.05) is 11.9 Å². The molecule has 0 spiro atoms. The van der Waals surface area contributed by atoms with Crippen molar-refractivity contribution < 1.29 is 4.79 Å². The van der Waals surface area contributed by atoms with E-state index in [4.69, 9.17) is 33.9 Å². The van der Waals surface area contributed by atoms with Crippen LogP contribution in [-0.2, 0) is 17.6 Å². The number of carbonyl (C=O) groups is 1. The van der Waals surface area contributed by atoms with E-state index in [1.165, 1.54) is 55.2 Å². The summed E-state index contributed by atoms with van der Waals surface area (Å²) >= 11 is 12.8. The summed E-state index contributed by atoms with van der Waals surface area (Å²) in [6.45, 7) is 0.0572. The number of aryl methyl sites for hydroxylation is 1. The molecule has 1 heterocycles. The summed E-state index contributed by atoms with van der Waals surface area (Å²) < 4.78 is 2.07. The van der Waals surface area contributed by atoms with E-state index in [1.807, 2.05) is 42.6 Å². The van der Waals surface area contributed by atoms with Crippen LogP contribution in [0.3, 0.4) is 0 Å². The Labute approximate surface area is 275 Å². The maximum absolute atomic E-state index is 11.3. The van der Waals surface area contributed by atoms with Crippen LogP contribution in [0, 0.1) is 5.92 Å². The molecule has 0 atom stereocenters. The highest BCUT2D eigenvalue weighted by Gasteiger charge is 2.16. The Hall–Kier alpha value is -4.06. The number of carbonyl (C=O) groups excluding carboxylic acids is 1. The predicted molar refractivity (Wildman–Crippen MR) is 186 cm³/mol. The maximum atomic E-state index is 11.3. The lowest BCUT2D eigenvalue weighted by Gasteiger charge is -2.21. The van der Waals surface area contributed by atoms with Crippen LogP contribution in [0.5, 0.6) is 0 Å². The number of amides is 1. The lowest BCUT2D eigenvalue weighted by atomic mass is 9.85. The van der Waals surface area contributed by atoms with E-state index in [9.17, 15) is 4.79 Å². The second-order valence-electron chi connectivity index (χ2n) is 12.0. The van der Waals surface area contributed by atoms with Gasteiger partial charge in [0.05, 0.1) is 17.3 Å². The molecule has 45 heavy (non-hydrogen) atoms. The summed E-state index contributed by atoms with van der Waals surface area (Å²) in [5, 5.41) is 4.20. The van der Waals surface area contributed by atoms with E-state index in [2.05, 4.69) is 58.4 Å². The first-order chi connectivity index (χ1) is 21.9. The van der Waals surface area contributed by atoms with Gasteiger partial charge < -0.3 is 15.6 Å². The third-order valence-corrected chi connectivity index (χ3v) is 9.27. The fraction of sp³-hybridized carbons (Fsp3) is 0.263. The quantitative estimate of drug-likeness (QED) is 0.152. The van der Waals surface area contributed by atoms with Gasteiger partial charge in [-0.2, -0.15) is 0 Å². The van der Waals surface area contributed by atoms with Crippen LogP contribution in [0.1, 0.15) is 55.5 Å². The smallest absolute Gasteiger partial charge is 0.236 e. The zero-order valence-electron chi connectivity index (χ0n) is 25.3. The highest BCUT2D eigenvalue weighted by molar-refractivity contribution is 6.36. The van der Waals surface area contributed by atoms with Crippen molar-refractivity contribution in [3.63, 3.8) is 0 Å². The molecule has 7 heteroatoms. The molecule has 6 rings (SSSR count). The molecule has 5 nitrogen and oxygen atoms in total. The number of nitrogens with two attached hydrogens (primary N) is 1. The Morgan fingerprint density at radius 1 is 0.867 bits per heavy atom. The van der Waals surface area contributed by atoms with Crippen molar-refractivity contribution in [3.8, 4) is 28.1 Å². The van der Waals surface area contributed by atoms with Gasteiger partial charge in [0.15, 0.2) is 0 Å². The Morgan fingerprint density at radius 3 is 2.44 bits per heavy atom. The average molecular weight is 638 g/mol. The number of primary amides is 1. The molecular formula is C38H38Cl2N4O. The lowest BCUT2D eigenvalue weighted by molar-refractivity contribution is -0.116. The van der Waals surface area contributed by atoms with Gasteiger partial charge in [-0.25, -0.2) is 4.98 Å². The van der Waals surface area contributed by atoms with Crippen molar-refractivity contribution in [2.45, 2.75) is 51.4 Å². The Morgan fingerprint density at radius 2 is 1.67 bits per heavy atom. The van der Waals surface area contributed by atoms with Crippen molar-refractivity contribution in [2.24, 2.45) is 11.7 Å². The molecule has 230 valence electrons. The topological polar surface area (TPSA) is 72.9 Å². The normalized spacial score (nSPS) is 13.6. The number of hydrogen-bond acceptors (Lipinski definition) is 3. The lowest BCUT2D eigenvalue weighted by Crippen LogP contribution is -2.21. The number of imidazole rings is 1. The molecule has 4 aromatic carbocycles. The first-order valence-corrected chi connectivity index (χ1v) is 16.5. The summed E-state index contributed by atoms with van der Waals surface area (Å²) in [7, 11) is 0.